The number of imidazole rings is 1. The average Bonchev–Trinajstić information content (AvgIpc) is 2.67. The van der Waals surface area contributed by atoms with Gasteiger partial charge in [0, 0.05) is 19.1 Å². The Hall–Kier alpha value is -0.880. The van der Waals surface area contributed by atoms with Crippen LogP contribution >= 0.6 is 23.1 Å². The number of aryl methyl sites for hydroxylation is 1. The van der Waals surface area contributed by atoms with E-state index in [4.69, 9.17) is 0 Å². The van der Waals surface area contributed by atoms with Gasteiger partial charge in [0.1, 0.15) is 5.51 Å². The third-order valence-corrected chi connectivity index (χ3v) is 3.27. The predicted molar refractivity (Wildman–Crippen MR) is 57.7 cm³/mol. The number of carbonyl (C=O) groups is 1. The molecule has 0 spiro atoms. The molecule has 0 radical (unpaired) electrons. The first-order chi connectivity index (χ1) is 6.77. The van der Waals surface area contributed by atoms with E-state index in [1.165, 1.54) is 23.1 Å². The quantitative estimate of drug-likeness (QED) is 0.799. The molecule has 4 nitrogen and oxygen atoms in total. The second-order valence-electron chi connectivity index (χ2n) is 2.77. The summed E-state index contributed by atoms with van der Waals surface area (Å²) in [5, 5.41) is 4.31. The van der Waals surface area contributed by atoms with Gasteiger partial charge in [0.05, 0.1) is 11.9 Å². The fraction of sp³-hybridized carbons (Fsp3) is 0.375. The lowest BCUT2D eigenvalue weighted by Gasteiger charge is -1.95. The van der Waals surface area contributed by atoms with Crippen molar-refractivity contribution in [2.75, 3.05) is 5.75 Å². The summed E-state index contributed by atoms with van der Waals surface area (Å²) >= 11 is 2.85. The number of carbonyl (C=O) groups excluding carboxylic acids is 1. The van der Waals surface area contributed by atoms with Crippen LogP contribution in [0.25, 0.3) is 4.96 Å². The van der Waals surface area contributed by atoms with Gasteiger partial charge in [-0.25, -0.2) is 9.50 Å². The van der Waals surface area contributed by atoms with Crippen LogP contribution in [0.3, 0.4) is 0 Å². The van der Waals surface area contributed by atoms with Crippen LogP contribution in [-0.2, 0) is 11.2 Å². The summed E-state index contributed by atoms with van der Waals surface area (Å²) in [5.41, 5.74) is 2.83. The van der Waals surface area contributed by atoms with Gasteiger partial charge in [-0.2, -0.15) is 5.10 Å². The first-order valence-corrected chi connectivity index (χ1v) is 6.03. The summed E-state index contributed by atoms with van der Waals surface area (Å²) in [5.74, 6) is 0.792. The molecule has 2 aromatic heterocycles. The molecule has 0 fully saturated rings. The molecule has 0 aliphatic rings. The van der Waals surface area contributed by atoms with E-state index in [0.717, 1.165) is 22.8 Å². The summed E-state index contributed by atoms with van der Waals surface area (Å²) in [7, 11) is 0. The molecular weight excluding hydrogens is 218 g/mol. The normalized spacial score (nSPS) is 10.9. The average molecular weight is 227 g/mol. The second-order valence-corrected chi connectivity index (χ2v) is 4.86. The fourth-order valence-electron chi connectivity index (χ4n) is 1.15. The van der Waals surface area contributed by atoms with Crippen LogP contribution in [0.15, 0.2) is 11.7 Å². The largest absolute Gasteiger partial charge is 0.288 e. The number of fused-ring (bicyclic) bond motifs is 1. The van der Waals surface area contributed by atoms with E-state index in [1.54, 1.807) is 12.4 Å². The zero-order valence-corrected chi connectivity index (χ0v) is 9.27. The fourth-order valence-corrected chi connectivity index (χ4v) is 2.37. The summed E-state index contributed by atoms with van der Waals surface area (Å²) < 4.78 is 1.82. The van der Waals surface area contributed by atoms with Crippen molar-refractivity contribution in [3.8, 4) is 0 Å². The zero-order chi connectivity index (χ0) is 9.97. The van der Waals surface area contributed by atoms with Crippen molar-refractivity contribution in [3.05, 3.63) is 17.4 Å². The van der Waals surface area contributed by atoms with Crippen molar-refractivity contribution >= 4 is 33.2 Å². The number of hydrogen-bond acceptors (Lipinski definition) is 5. The molecule has 0 aromatic carbocycles. The highest BCUT2D eigenvalue weighted by Gasteiger charge is 2.05. The van der Waals surface area contributed by atoms with Crippen molar-refractivity contribution < 1.29 is 4.79 Å². The molecule has 2 heterocycles. The molecule has 74 valence electrons. The molecule has 14 heavy (non-hydrogen) atoms. The molecule has 2 rings (SSSR count). The number of thioether (sulfide) groups is 1. The molecule has 0 unspecified atom stereocenters. The number of rotatable bonds is 3. The molecule has 0 amide bonds. The van der Waals surface area contributed by atoms with E-state index in [-0.39, 0.29) is 5.12 Å². The lowest BCUT2D eigenvalue weighted by atomic mass is 10.4. The third kappa shape index (κ3) is 1.96. The maximum atomic E-state index is 10.7. The monoisotopic (exact) mass is 227 g/mol. The van der Waals surface area contributed by atoms with Gasteiger partial charge in [0.2, 0.25) is 4.96 Å². The predicted octanol–water partition coefficient (Wildman–Crippen LogP) is 1.61. The Morgan fingerprint density at radius 2 is 2.57 bits per heavy atom. The van der Waals surface area contributed by atoms with Crippen molar-refractivity contribution in [3.63, 3.8) is 0 Å². The highest BCUT2D eigenvalue weighted by molar-refractivity contribution is 8.13. The van der Waals surface area contributed by atoms with Gasteiger partial charge >= 0.3 is 0 Å². The van der Waals surface area contributed by atoms with E-state index >= 15 is 0 Å². The molecule has 0 aliphatic carbocycles. The van der Waals surface area contributed by atoms with Crippen LogP contribution < -0.4 is 0 Å². The van der Waals surface area contributed by atoms with E-state index in [9.17, 15) is 4.79 Å². The van der Waals surface area contributed by atoms with Crippen LogP contribution in [0.1, 0.15) is 12.6 Å². The summed E-state index contributed by atoms with van der Waals surface area (Å²) in [6.45, 7) is 1.58. The smallest absolute Gasteiger partial charge is 0.212 e. The van der Waals surface area contributed by atoms with Gasteiger partial charge < -0.3 is 0 Å². The van der Waals surface area contributed by atoms with Crippen LogP contribution in [0, 0.1) is 0 Å². The Kier molecular flexibility index (Phi) is 2.83. The number of aromatic nitrogens is 3. The van der Waals surface area contributed by atoms with Gasteiger partial charge in [-0.05, 0) is 0 Å². The van der Waals surface area contributed by atoms with Gasteiger partial charge in [-0.3, -0.25) is 4.79 Å². The Morgan fingerprint density at radius 1 is 1.71 bits per heavy atom. The third-order valence-electron chi connectivity index (χ3n) is 1.76. The lowest BCUT2D eigenvalue weighted by Crippen LogP contribution is -1.96. The van der Waals surface area contributed by atoms with E-state index in [0.29, 0.717) is 0 Å². The van der Waals surface area contributed by atoms with E-state index < -0.39 is 0 Å². The lowest BCUT2D eigenvalue weighted by molar-refractivity contribution is -0.109. The van der Waals surface area contributed by atoms with Crippen molar-refractivity contribution in [2.45, 2.75) is 13.3 Å². The first kappa shape index (κ1) is 9.67. The Labute approximate surface area is 89.3 Å². The summed E-state index contributed by atoms with van der Waals surface area (Å²) in [6, 6.07) is 0. The molecule has 2 aromatic rings. The molecule has 0 saturated heterocycles. The SMILES string of the molecule is CC(=O)SCCc1cnc2scnn12. The number of hydrogen-bond donors (Lipinski definition) is 0. The van der Waals surface area contributed by atoms with E-state index in [2.05, 4.69) is 10.1 Å². The van der Waals surface area contributed by atoms with Gasteiger partial charge in [-0.15, -0.1) is 0 Å². The molecule has 6 heteroatoms. The maximum absolute atomic E-state index is 10.7. The summed E-state index contributed by atoms with van der Waals surface area (Å²) in [6.07, 6.45) is 2.65. The minimum absolute atomic E-state index is 0.157. The molecule has 0 N–H and O–H groups in total. The first-order valence-electron chi connectivity index (χ1n) is 4.17. The minimum atomic E-state index is 0.157. The minimum Gasteiger partial charge on any atom is -0.288 e. The van der Waals surface area contributed by atoms with Gasteiger partial charge in [0.25, 0.3) is 0 Å². The van der Waals surface area contributed by atoms with Crippen LogP contribution in [0.5, 0.6) is 0 Å². The highest BCUT2D eigenvalue weighted by atomic mass is 32.2. The maximum Gasteiger partial charge on any atom is 0.212 e. The van der Waals surface area contributed by atoms with Crippen molar-refractivity contribution in [1.29, 1.82) is 0 Å². The Bertz CT molecular complexity index is 448. The van der Waals surface area contributed by atoms with Gasteiger partial charge in [-0.1, -0.05) is 23.1 Å². The second kappa shape index (κ2) is 4.10. The standard InChI is InChI=1S/C8H9N3OS2/c1-6(12)13-3-2-7-4-9-8-11(7)10-5-14-8/h4-5H,2-3H2,1H3. The molecular formula is C8H9N3OS2. The molecule has 0 atom stereocenters. The van der Waals surface area contributed by atoms with Crippen LogP contribution in [0.4, 0.5) is 0 Å². The topological polar surface area (TPSA) is 47.3 Å². The summed E-state index contributed by atoms with van der Waals surface area (Å²) in [4.78, 5) is 15.8. The number of nitrogens with zero attached hydrogens (tertiary/aromatic N) is 3. The van der Waals surface area contributed by atoms with Gasteiger partial charge in [0.15, 0.2) is 5.12 Å². The molecule has 0 saturated carbocycles. The van der Waals surface area contributed by atoms with Crippen LogP contribution in [-0.4, -0.2) is 25.5 Å². The Balaban J connectivity index is 2.04. The molecule has 0 bridgehead atoms. The van der Waals surface area contributed by atoms with E-state index in [1.807, 2.05) is 10.7 Å². The highest BCUT2D eigenvalue weighted by Crippen LogP contribution is 2.12. The Morgan fingerprint density at radius 3 is 3.36 bits per heavy atom. The molecule has 0 aliphatic heterocycles. The zero-order valence-electron chi connectivity index (χ0n) is 7.64. The van der Waals surface area contributed by atoms with Crippen LogP contribution in [0.2, 0.25) is 0 Å². The van der Waals surface area contributed by atoms with Crippen molar-refractivity contribution in [1.82, 2.24) is 14.6 Å². The van der Waals surface area contributed by atoms with Crippen molar-refractivity contribution in [2.24, 2.45) is 0 Å².